The van der Waals surface area contributed by atoms with Gasteiger partial charge in [-0.1, -0.05) is 58.0 Å². The summed E-state index contributed by atoms with van der Waals surface area (Å²) in [5.41, 5.74) is 9.38. The first-order valence-electron chi connectivity index (χ1n) is 8.13. The van der Waals surface area contributed by atoms with Crippen LogP contribution in [0.25, 0.3) is 5.69 Å². The van der Waals surface area contributed by atoms with Crippen molar-refractivity contribution in [2.24, 2.45) is 5.10 Å². The maximum atomic E-state index is 4.54. The van der Waals surface area contributed by atoms with E-state index >= 15 is 0 Å². The Balaban J connectivity index is 1.63. The van der Waals surface area contributed by atoms with E-state index in [-0.39, 0.29) is 5.37 Å². The number of aryl methyl sites for hydroxylation is 1. The second-order valence-corrected chi connectivity index (χ2v) is 8.06. The van der Waals surface area contributed by atoms with E-state index in [2.05, 4.69) is 87.3 Å². The molecule has 1 atom stereocenters. The Morgan fingerprint density at radius 1 is 1.04 bits per heavy atom. The predicted octanol–water partition coefficient (Wildman–Crippen LogP) is 5.55. The number of nitrogens with one attached hydrogen (secondary N) is 1. The number of halogens is 1. The van der Waals surface area contributed by atoms with Crippen LogP contribution in [0.4, 0.5) is 0 Å². The molecule has 25 heavy (non-hydrogen) atoms. The van der Waals surface area contributed by atoms with Gasteiger partial charge in [-0.05, 0) is 44.2 Å². The maximum Gasteiger partial charge on any atom is 0.126 e. The first-order valence-corrected chi connectivity index (χ1v) is 9.81. The third-order valence-electron chi connectivity index (χ3n) is 4.37. The van der Waals surface area contributed by atoms with Gasteiger partial charge in [0.05, 0.1) is 0 Å². The van der Waals surface area contributed by atoms with E-state index in [1.165, 1.54) is 22.6 Å². The highest BCUT2D eigenvalue weighted by atomic mass is 79.9. The van der Waals surface area contributed by atoms with Gasteiger partial charge in [-0.25, -0.2) is 0 Å². The SMILES string of the molecule is Cc1cc([C@@H]2NN=C(c3ccccc3)S2)c(C)n1-c1ccc(Br)cc1. The third kappa shape index (κ3) is 3.14. The molecular formula is C20H18BrN3S. The van der Waals surface area contributed by atoms with Crippen molar-refractivity contribution in [1.29, 1.82) is 0 Å². The Morgan fingerprint density at radius 2 is 1.76 bits per heavy atom. The molecule has 3 aromatic rings. The summed E-state index contributed by atoms with van der Waals surface area (Å²) < 4.78 is 3.39. The fourth-order valence-electron chi connectivity index (χ4n) is 3.17. The van der Waals surface area contributed by atoms with Gasteiger partial charge in [0.2, 0.25) is 0 Å². The molecule has 2 aromatic carbocycles. The zero-order valence-corrected chi connectivity index (χ0v) is 16.4. The lowest BCUT2D eigenvalue weighted by atomic mass is 10.2. The van der Waals surface area contributed by atoms with E-state index in [4.69, 9.17) is 0 Å². The first-order chi connectivity index (χ1) is 12.1. The number of thioether (sulfide) groups is 1. The van der Waals surface area contributed by atoms with Gasteiger partial charge in [0, 0.05) is 32.7 Å². The topological polar surface area (TPSA) is 29.3 Å². The minimum Gasteiger partial charge on any atom is -0.318 e. The van der Waals surface area contributed by atoms with Gasteiger partial charge in [-0.3, -0.25) is 5.43 Å². The molecule has 0 amide bonds. The van der Waals surface area contributed by atoms with E-state index in [1.807, 2.05) is 18.2 Å². The number of hydrazone groups is 1. The lowest BCUT2D eigenvalue weighted by Crippen LogP contribution is -2.08. The molecule has 1 aliphatic heterocycles. The molecule has 0 fully saturated rings. The highest BCUT2D eigenvalue weighted by Gasteiger charge is 2.26. The summed E-state index contributed by atoms with van der Waals surface area (Å²) in [5, 5.41) is 5.73. The van der Waals surface area contributed by atoms with Crippen LogP contribution in [0.15, 0.2) is 70.2 Å². The van der Waals surface area contributed by atoms with Gasteiger partial charge in [0.25, 0.3) is 0 Å². The summed E-state index contributed by atoms with van der Waals surface area (Å²) in [6, 6.07) is 21.0. The molecule has 3 nitrogen and oxygen atoms in total. The summed E-state index contributed by atoms with van der Waals surface area (Å²) in [5.74, 6) is 0. The standard InChI is InChI=1S/C20H18BrN3S/c1-13-12-18(14(2)24(13)17-10-8-16(21)9-11-17)20-23-22-19(25-20)15-6-4-3-5-7-15/h3-12,20,23H,1-2H3/t20-/m1/s1. The minimum atomic E-state index is 0.144. The summed E-state index contributed by atoms with van der Waals surface area (Å²) >= 11 is 5.27. The zero-order chi connectivity index (χ0) is 17.4. The quantitative estimate of drug-likeness (QED) is 0.611. The van der Waals surface area contributed by atoms with E-state index < -0.39 is 0 Å². The third-order valence-corrected chi connectivity index (χ3v) is 6.05. The lowest BCUT2D eigenvalue weighted by molar-refractivity contribution is 0.737. The van der Waals surface area contributed by atoms with Crippen LogP contribution < -0.4 is 5.43 Å². The molecule has 1 aliphatic rings. The van der Waals surface area contributed by atoms with Crippen molar-refractivity contribution >= 4 is 32.7 Å². The number of hydrogen-bond donors (Lipinski definition) is 1. The van der Waals surface area contributed by atoms with Crippen molar-refractivity contribution < 1.29 is 0 Å². The fraction of sp³-hybridized carbons (Fsp3) is 0.150. The molecule has 0 spiro atoms. The normalized spacial score (nSPS) is 16.6. The van der Waals surface area contributed by atoms with Gasteiger partial charge in [0.15, 0.2) is 0 Å². The smallest absolute Gasteiger partial charge is 0.126 e. The Hall–Kier alpha value is -1.98. The van der Waals surface area contributed by atoms with Gasteiger partial charge in [0.1, 0.15) is 10.4 Å². The van der Waals surface area contributed by atoms with Crippen molar-refractivity contribution in [1.82, 2.24) is 9.99 Å². The van der Waals surface area contributed by atoms with E-state index in [0.717, 1.165) is 15.1 Å². The second-order valence-electron chi connectivity index (χ2n) is 6.05. The Bertz CT molecular complexity index is 930. The molecule has 1 N–H and O–H groups in total. The van der Waals surface area contributed by atoms with Gasteiger partial charge in [-0.2, -0.15) is 5.10 Å². The van der Waals surface area contributed by atoms with Crippen LogP contribution in [-0.2, 0) is 0 Å². The number of nitrogens with zero attached hydrogens (tertiary/aromatic N) is 2. The molecule has 0 radical (unpaired) electrons. The molecule has 0 saturated heterocycles. The van der Waals surface area contributed by atoms with Crippen LogP contribution >= 0.6 is 27.7 Å². The molecular weight excluding hydrogens is 394 g/mol. The molecule has 1 aromatic heterocycles. The number of rotatable bonds is 3. The molecule has 0 saturated carbocycles. The lowest BCUT2D eigenvalue weighted by Gasteiger charge is -2.12. The van der Waals surface area contributed by atoms with Crippen molar-refractivity contribution in [2.75, 3.05) is 0 Å². The van der Waals surface area contributed by atoms with E-state index in [9.17, 15) is 0 Å². The molecule has 0 aliphatic carbocycles. The van der Waals surface area contributed by atoms with E-state index in [0.29, 0.717) is 0 Å². The Morgan fingerprint density at radius 3 is 2.48 bits per heavy atom. The first kappa shape index (κ1) is 16.5. The van der Waals surface area contributed by atoms with Crippen molar-refractivity contribution in [2.45, 2.75) is 19.2 Å². The zero-order valence-electron chi connectivity index (χ0n) is 14.0. The van der Waals surface area contributed by atoms with Crippen molar-refractivity contribution in [3.63, 3.8) is 0 Å². The molecule has 126 valence electrons. The molecule has 2 heterocycles. The van der Waals surface area contributed by atoms with Crippen molar-refractivity contribution in [3.8, 4) is 5.69 Å². The molecule has 4 rings (SSSR count). The maximum absolute atomic E-state index is 4.54. The highest BCUT2D eigenvalue weighted by molar-refractivity contribution is 9.10. The molecule has 0 bridgehead atoms. The fourth-order valence-corrected chi connectivity index (χ4v) is 4.50. The average Bonchev–Trinajstić information content (AvgIpc) is 3.22. The average molecular weight is 412 g/mol. The predicted molar refractivity (Wildman–Crippen MR) is 109 cm³/mol. The van der Waals surface area contributed by atoms with Crippen LogP contribution in [0.1, 0.15) is 27.9 Å². The Labute approximate surface area is 160 Å². The molecule has 0 unspecified atom stereocenters. The van der Waals surface area contributed by atoms with Gasteiger partial charge in [-0.15, -0.1) is 0 Å². The highest BCUT2D eigenvalue weighted by Crippen LogP contribution is 2.37. The number of aromatic nitrogens is 1. The largest absolute Gasteiger partial charge is 0.318 e. The van der Waals surface area contributed by atoms with Crippen LogP contribution in [0.5, 0.6) is 0 Å². The summed E-state index contributed by atoms with van der Waals surface area (Å²) in [6.07, 6.45) is 0. The van der Waals surface area contributed by atoms with Gasteiger partial charge < -0.3 is 4.57 Å². The van der Waals surface area contributed by atoms with Crippen LogP contribution in [0, 0.1) is 13.8 Å². The minimum absolute atomic E-state index is 0.144. The number of benzene rings is 2. The number of hydrogen-bond acceptors (Lipinski definition) is 3. The monoisotopic (exact) mass is 411 g/mol. The van der Waals surface area contributed by atoms with Gasteiger partial charge >= 0.3 is 0 Å². The Kier molecular flexibility index (Phi) is 4.44. The summed E-state index contributed by atoms with van der Waals surface area (Å²) in [4.78, 5) is 0. The van der Waals surface area contributed by atoms with Crippen molar-refractivity contribution in [3.05, 3.63) is 87.7 Å². The van der Waals surface area contributed by atoms with E-state index in [1.54, 1.807) is 11.8 Å². The summed E-state index contributed by atoms with van der Waals surface area (Å²) in [6.45, 7) is 4.32. The second kappa shape index (κ2) is 6.73. The van der Waals surface area contributed by atoms with Crippen LogP contribution in [0.2, 0.25) is 0 Å². The molecule has 5 heteroatoms. The summed E-state index contributed by atoms with van der Waals surface area (Å²) in [7, 11) is 0. The van der Waals surface area contributed by atoms with Crippen LogP contribution in [-0.4, -0.2) is 9.61 Å². The van der Waals surface area contributed by atoms with Crippen LogP contribution in [0.3, 0.4) is 0 Å².